The van der Waals surface area contributed by atoms with E-state index in [2.05, 4.69) is 49.4 Å². The zero-order valence-electron chi connectivity index (χ0n) is 22.6. The van der Waals surface area contributed by atoms with Gasteiger partial charge in [0.25, 0.3) is 0 Å². The summed E-state index contributed by atoms with van der Waals surface area (Å²) in [5.41, 5.74) is 8.19. The average Bonchev–Trinajstić information content (AvgIpc) is 3.47. The SMILES string of the molecule is CC(OC(N)=O)C1CC(Nc2cc(-c3ccc4cc(C#N)cnn34)ncc2-c2nnn(C[C@@H](F)C(C)(C)O)c2I)C1. The predicted octanol–water partition coefficient (Wildman–Crippen LogP) is 3.91. The molecule has 0 saturated heterocycles. The zero-order valence-corrected chi connectivity index (χ0v) is 24.8. The first-order valence-corrected chi connectivity index (χ1v) is 14.1. The fraction of sp³-hybridized carbons (Fsp3) is 0.407. The number of nitrogens with one attached hydrogen (secondary N) is 1. The Morgan fingerprint density at radius 1 is 1.37 bits per heavy atom. The first kappa shape index (κ1) is 28.7. The summed E-state index contributed by atoms with van der Waals surface area (Å²) in [7, 11) is 0. The van der Waals surface area contributed by atoms with E-state index in [1.807, 2.05) is 25.1 Å². The van der Waals surface area contributed by atoms with Gasteiger partial charge in [-0.15, -0.1) is 5.10 Å². The highest BCUT2D eigenvalue weighted by molar-refractivity contribution is 14.1. The highest BCUT2D eigenvalue weighted by Gasteiger charge is 2.35. The minimum Gasteiger partial charge on any atom is -0.446 e. The molecule has 4 aromatic heterocycles. The fourth-order valence-electron chi connectivity index (χ4n) is 4.78. The number of nitriles is 1. The number of fused-ring (bicyclic) bond motifs is 1. The first-order valence-electron chi connectivity index (χ1n) is 13.0. The van der Waals surface area contributed by atoms with Crippen molar-refractivity contribution in [3.63, 3.8) is 0 Å². The van der Waals surface area contributed by atoms with Crippen LogP contribution < -0.4 is 11.1 Å². The number of nitrogens with two attached hydrogens (primary N) is 1. The number of hydrogen-bond acceptors (Lipinski definition) is 9. The van der Waals surface area contributed by atoms with Gasteiger partial charge >= 0.3 is 6.09 Å². The number of alkyl halides is 1. The second-order valence-electron chi connectivity index (χ2n) is 10.8. The van der Waals surface area contributed by atoms with E-state index in [9.17, 15) is 19.6 Å². The van der Waals surface area contributed by atoms with E-state index in [1.165, 1.54) is 24.7 Å². The molecular weight excluding hydrogens is 644 g/mol. The van der Waals surface area contributed by atoms with Crippen LogP contribution in [0.25, 0.3) is 28.2 Å². The molecule has 2 atom stereocenters. The molecule has 12 nitrogen and oxygen atoms in total. The first-order chi connectivity index (χ1) is 19.4. The molecule has 41 heavy (non-hydrogen) atoms. The molecule has 0 spiro atoms. The topological polar surface area (TPSA) is 169 Å². The Kier molecular flexibility index (Phi) is 7.84. The van der Waals surface area contributed by atoms with Crippen LogP contribution in [0.4, 0.5) is 14.9 Å². The number of aromatic nitrogens is 6. The molecule has 1 aliphatic rings. The second-order valence-corrected chi connectivity index (χ2v) is 11.8. The Morgan fingerprint density at radius 3 is 2.80 bits per heavy atom. The lowest BCUT2D eigenvalue weighted by molar-refractivity contribution is -0.0123. The van der Waals surface area contributed by atoms with E-state index in [-0.39, 0.29) is 24.6 Å². The number of hydrogen-bond donors (Lipinski definition) is 3. The second kappa shape index (κ2) is 11.2. The molecule has 1 saturated carbocycles. The van der Waals surface area contributed by atoms with E-state index in [4.69, 9.17) is 15.5 Å². The molecule has 14 heteroatoms. The maximum absolute atomic E-state index is 14.6. The number of anilines is 1. The van der Waals surface area contributed by atoms with Crippen LogP contribution in [-0.4, -0.2) is 64.7 Å². The number of carbonyl (C=O) groups excluding carboxylic acids is 1. The minimum absolute atomic E-state index is 0.0893. The molecule has 4 aromatic rings. The number of aliphatic hydroxyl groups is 1. The van der Waals surface area contributed by atoms with E-state index in [0.29, 0.717) is 26.2 Å². The van der Waals surface area contributed by atoms with E-state index in [0.717, 1.165) is 29.7 Å². The number of halogens is 2. The van der Waals surface area contributed by atoms with Gasteiger partial charge in [-0.1, -0.05) is 5.21 Å². The predicted molar refractivity (Wildman–Crippen MR) is 156 cm³/mol. The molecule has 5 rings (SSSR count). The Morgan fingerprint density at radius 2 is 2.12 bits per heavy atom. The van der Waals surface area contributed by atoms with Gasteiger partial charge in [0.15, 0.2) is 0 Å². The van der Waals surface area contributed by atoms with Crippen LogP contribution in [0.2, 0.25) is 0 Å². The molecular formula is C27H29FIN9O3. The summed E-state index contributed by atoms with van der Waals surface area (Å²) < 4.78 is 23.5. The number of primary amides is 1. The summed E-state index contributed by atoms with van der Waals surface area (Å²) in [6.07, 6.45) is 2.09. The maximum Gasteiger partial charge on any atom is 0.404 e. The summed E-state index contributed by atoms with van der Waals surface area (Å²) in [4.78, 5) is 15.9. The fourth-order valence-corrected chi connectivity index (χ4v) is 5.47. The lowest BCUT2D eigenvalue weighted by Crippen LogP contribution is -2.42. The number of ether oxygens (including phenoxy) is 1. The monoisotopic (exact) mass is 673 g/mol. The highest BCUT2D eigenvalue weighted by atomic mass is 127. The molecule has 1 unspecified atom stereocenters. The van der Waals surface area contributed by atoms with Crippen molar-refractivity contribution in [1.82, 2.24) is 29.6 Å². The number of nitrogens with zero attached hydrogens (tertiary/aromatic N) is 7. The van der Waals surface area contributed by atoms with E-state index < -0.39 is 17.9 Å². The van der Waals surface area contributed by atoms with Crippen LogP contribution in [-0.2, 0) is 11.3 Å². The van der Waals surface area contributed by atoms with Gasteiger partial charge in [-0.3, -0.25) is 4.98 Å². The summed E-state index contributed by atoms with van der Waals surface area (Å²) in [6, 6.07) is 9.59. The summed E-state index contributed by atoms with van der Waals surface area (Å²) in [5.74, 6) is 0.169. The largest absolute Gasteiger partial charge is 0.446 e. The van der Waals surface area contributed by atoms with Crippen molar-refractivity contribution in [2.45, 2.75) is 64.1 Å². The van der Waals surface area contributed by atoms with E-state index in [1.54, 1.807) is 16.8 Å². The molecule has 1 amide bonds. The van der Waals surface area contributed by atoms with Crippen LogP contribution in [0, 0.1) is 20.9 Å². The van der Waals surface area contributed by atoms with Crippen molar-refractivity contribution in [3.05, 3.63) is 45.9 Å². The molecule has 1 aliphatic carbocycles. The number of amides is 1. The Labute approximate surface area is 248 Å². The molecule has 0 radical (unpaired) electrons. The van der Waals surface area contributed by atoms with E-state index >= 15 is 0 Å². The molecule has 0 bridgehead atoms. The molecule has 4 heterocycles. The maximum atomic E-state index is 14.6. The van der Waals surface area contributed by atoms with Gasteiger partial charge in [-0.2, -0.15) is 10.4 Å². The average molecular weight is 673 g/mol. The standard InChI is InChI=1S/C27H29FIN9O3/c1-14(41-26(31)39)16-7-17(8-16)34-20-9-21(22-5-4-18-6-15(10-30)11-33-38(18)22)32-12-19(20)24-25(29)37(36-35-24)13-23(28)27(2,3)40/h4-6,9,11-12,14,16-17,23,40H,7-8,13H2,1-3H3,(H2,31,39)(H,32,34)/t14?,16?,17?,23-/m1/s1. The summed E-state index contributed by atoms with van der Waals surface area (Å²) >= 11 is 2.07. The summed E-state index contributed by atoms with van der Waals surface area (Å²) in [6.45, 7) is 4.50. The van der Waals surface area contributed by atoms with Gasteiger partial charge in [-0.05, 0) is 86.4 Å². The van der Waals surface area contributed by atoms with Crippen LogP contribution >= 0.6 is 22.6 Å². The Balaban J connectivity index is 1.48. The number of rotatable bonds is 9. The molecule has 214 valence electrons. The molecule has 0 aliphatic heterocycles. The van der Waals surface area contributed by atoms with Crippen LogP contribution in [0.1, 0.15) is 39.2 Å². The minimum atomic E-state index is -1.54. The normalized spacial score (nSPS) is 18.4. The molecule has 0 aromatic carbocycles. The number of carbonyl (C=O) groups is 1. The van der Waals surface area contributed by atoms with Crippen molar-refractivity contribution in [2.24, 2.45) is 11.7 Å². The van der Waals surface area contributed by atoms with Gasteiger partial charge < -0.3 is 20.9 Å². The quantitative estimate of drug-likeness (QED) is 0.223. The zero-order chi connectivity index (χ0) is 29.5. The number of pyridine rings is 1. The third kappa shape index (κ3) is 5.96. The van der Waals surface area contributed by atoms with Crippen LogP contribution in [0.5, 0.6) is 0 Å². The Hall–Kier alpha value is -3.84. The van der Waals surface area contributed by atoms with Gasteiger partial charge in [0.05, 0.1) is 40.8 Å². The third-order valence-corrected chi connectivity index (χ3v) is 8.39. The van der Waals surface area contributed by atoms with Gasteiger partial charge in [0.2, 0.25) is 0 Å². The van der Waals surface area contributed by atoms with Crippen molar-refractivity contribution >= 4 is 39.9 Å². The highest BCUT2D eigenvalue weighted by Crippen LogP contribution is 2.38. The van der Waals surface area contributed by atoms with Crippen LogP contribution in [0.15, 0.2) is 36.7 Å². The van der Waals surface area contributed by atoms with Crippen LogP contribution in [0.3, 0.4) is 0 Å². The molecule has 4 N–H and O–H groups in total. The molecule has 1 fully saturated rings. The van der Waals surface area contributed by atoms with Gasteiger partial charge in [-0.25, -0.2) is 18.4 Å². The van der Waals surface area contributed by atoms with Crippen molar-refractivity contribution < 1.29 is 19.0 Å². The van der Waals surface area contributed by atoms with Gasteiger partial charge in [0, 0.05) is 23.5 Å². The summed E-state index contributed by atoms with van der Waals surface area (Å²) in [5, 5.41) is 35.7. The lowest BCUT2D eigenvalue weighted by Gasteiger charge is -2.39. The third-order valence-electron chi connectivity index (χ3n) is 7.33. The Bertz CT molecular complexity index is 1640. The van der Waals surface area contributed by atoms with Crippen molar-refractivity contribution in [2.75, 3.05) is 5.32 Å². The van der Waals surface area contributed by atoms with Gasteiger partial charge in [0.1, 0.15) is 27.7 Å². The smallest absolute Gasteiger partial charge is 0.404 e. The van der Waals surface area contributed by atoms with Crippen molar-refractivity contribution in [3.8, 4) is 28.7 Å². The van der Waals surface area contributed by atoms with Crippen molar-refractivity contribution in [1.29, 1.82) is 5.26 Å². The lowest BCUT2D eigenvalue weighted by atomic mass is 9.77.